The predicted octanol–water partition coefficient (Wildman–Crippen LogP) is 0.998. The molecule has 1 aromatic carbocycles. The lowest BCUT2D eigenvalue weighted by molar-refractivity contribution is 0.0900. The van der Waals surface area contributed by atoms with Crippen molar-refractivity contribution in [2.45, 2.75) is 31.9 Å². The number of benzene rings is 1. The van der Waals surface area contributed by atoms with E-state index in [1.54, 1.807) is 0 Å². The summed E-state index contributed by atoms with van der Waals surface area (Å²) in [7, 11) is 0. The number of aromatic nitrogens is 4. The van der Waals surface area contributed by atoms with Crippen molar-refractivity contribution in [3.05, 3.63) is 41.2 Å². The molecule has 20 heavy (non-hydrogen) atoms. The van der Waals surface area contributed by atoms with Crippen molar-refractivity contribution in [1.29, 1.82) is 0 Å². The number of nitrogens with zero attached hydrogens (tertiary/aromatic N) is 4. The smallest absolute Gasteiger partial charge is 0.405 e. The average molecular weight is 273 g/mol. The first kappa shape index (κ1) is 12.6. The number of fused-ring (bicyclic) bond motifs is 1. The van der Waals surface area contributed by atoms with E-state index in [2.05, 4.69) is 27.5 Å². The Bertz CT molecular complexity index is 611. The minimum absolute atomic E-state index is 0.293. The molecule has 1 atom stereocenters. The Morgan fingerprint density at radius 2 is 2.25 bits per heavy atom. The molecule has 3 rings (SSSR count). The highest BCUT2D eigenvalue weighted by Crippen LogP contribution is 2.27. The quantitative estimate of drug-likeness (QED) is 0.896. The van der Waals surface area contributed by atoms with Gasteiger partial charge >= 0.3 is 6.09 Å². The number of nitrogens with two attached hydrogens (primary N) is 1. The summed E-state index contributed by atoms with van der Waals surface area (Å²) >= 11 is 0. The molecule has 2 N–H and O–H groups in total. The lowest BCUT2D eigenvalue weighted by Crippen LogP contribution is -2.22. The average Bonchev–Trinajstić information content (AvgIpc) is 3.07. The Kier molecular flexibility index (Phi) is 3.32. The first-order chi connectivity index (χ1) is 9.72. The van der Waals surface area contributed by atoms with Gasteiger partial charge in [-0.05, 0) is 41.2 Å². The van der Waals surface area contributed by atoms with Gasteiger partial charge in [0.1, 0.15) is 6.54 Å². The molecule has 1 aromatic heterocycles. The van der Waals surface area contributed by atoms with E-state index < -0.39 is 12.2 Å². The molecular formula is C13H15N5O2. The molecule has 0 spiro atoms. The van der Waals surface area contributed by atoms with E-state index in [4.69, 9.17) is 10.5 Å². The Hall–Kier alpha value is -2.44. The number of hydrogen-bond acceptors (Lipinski definition) is 5. The molecule has 2 aromatic rings. The van der Waals surface area contributed by atoms with Gasteiger partial charge in [0.15, 0.2) is 12.4 Å². The fourth-order valence-corrected chi connectivity index (χ4v) is 2.56. The van der Waals surface area contributed by atoms with Crippen molar-refractivity contribution in [3.63, 3.8) is 0 Å². The molecule has 0 saturated carbocycles. The van der Waals surface area contributed by atoms with Gasteiger partial charge in [0.25, 0.3) is 0 Å². The molecule has 7 heteroatoms. The first-order valence-electron chi connectivity index (χ1n) is 6.51. The van der Waals surface area contributed by atoms with Gasteiger partial charge in [-0.25, -0.2) is 4.79 Å². The third kappa shape index (κ3) is 2.61. The number of rotatable bonds is 4. The third-order valence-electron chi connectivity index (χ3n) is 3.47. The van der Waals surface area contributed by atoms with Crippen LogP contribution in [-0.4, -0.2) is 26.3 Å². The molecule has 104 valence electrons. The van der Waals surface area contributed by atoms with Crippen LogP contribution in [0.15, 0.2) is 24.5 Å². The number of carbonyl (C=O) groups is 1. The number of tetrazole rings is 1. The van der Waals surface area contributed by atoms with Crippen LogP contribution in [0.5, 0.6) is 0 Å². The zero-order chi connectivity index (χ0) is 13.9. The van der Waals surface area contributed by atoms with Gasteiger partial charge in [-0.15, -0.1) is 10.2 Å². The molecule has 0 saturated heterocycles. The van der Waals surface area contributed by atoms with Crippen LogP contribution in [0.25, 0.3) is 0 Å². The maximum atomic E-state index is 11.1. The van der Waals surface area contributed by atoms with Crippen LogP contribution in [-0.2, 0) is 24.1 Å². The summed E-state index contributed by atoms with van der Waals surface area (Å²) < 4.78 is 5.18. The fourth-order valence-electron chi connectivity index (χ4n) is 2.56. The van der Waals surface area contributed by atoms with Gasteiger partial charge in [0.05, 0.1) is 0 Å². The van der Waals surface area contributed by atoms with Crippen LogP contribution in [0, 0.1) is 0 Å². The lowest BCUT2D eigenvalue weighted by Gasteiger charge is -2.17. The zero-order valence-electron chi connectivity index (χ0n) is 10.9. The number of aryl methyl sites for hydroxylation is 2. The van der Waals surface area contributed by atoms with Gasteiger partial charge in [-0.2, -0.15) is 4.80 Å². The summed E-state index contributed by atoms with van der Waals surface area (Å²) in [5.74, 6) is 0. The van der Waals surface area contributed by atoms with Gasteiger partial charge in [-0.1, -0.05) is 18.2 Å². The molecule has 1 unspecified atom stereocenters. The van der Waals surface area contributed by atoms with E-state index in [9.17, 15) is 4.79 Å². The van der Waals surface area contributed by atoms with Crippen LogP contribution in [0.4, 0.5) is 4.79 Å². The predicted molar refractivity (Wildman–Crippen MR) is 69.7 cm³/mol. The number of primary amides is 1. The van der Waals surface area contributed by atoms with Gasteiger partial charge in [-0.3, -0.25) is 0 Å². The highest BCUT2D eigenvalue weighted by Gasteiger charge is 2.20. The van der Waals surface area contributed by atoms with Gasteiger partial charge in [0.2, 0.25) is 0 Å². The largest absolute Gasteiger partial charge is 0.439 e. The van der Waals surface area contributed by atoms with Crippen LogP contribution in [0.2, 0.25) is 0 Å². The number of amides is 1. The van der Waals surface area contributed by atoms with Crippen LogP contribution in [0.3, 0.4) is 0 Å². The number of hydrogen-bond donors (Lipinski definition) is 1. The summed E-state index contributed by atoms with van der Waals surface area (Å²) in [5.41, 5.74) is 8.73. The second kappa shape index (κ2) is 5.28. The third-order valence-corrected chi connectivity index (χ3v) is 3.47. The van der Waals surface area contributed by atoms with Crippen molar-refractivity contribution < 1.29 is 9.53 Å². The van der Waals surface area contributed by atoms with Gasteiger partial charge in [0, 0.05) is 0 Å². The minimum atomic E-state index is -0.810. The second-order valence-electron chi connectivity index (χ2n) is 4.80. The summed E-state index contributed by atoms with van der Waals surface area (Å²) in [6, 6.07) is 6.13. The fraction of sp³-hybridized carbons (Fsp3) is 0.385. The highest BCUT2D eigenvalue weighted by molar-refractivity contribution is 5.65. The van der Waals surface area contributed by atoms with Crippen LogP contribution >= 0.6 is 0 Å². The summed E-state index contributed by atoms with van der Waals surface area (Å²) in [4.78, 5) is 12.5. The SMILES string of the molecule is NC(=O)OC(Cn1ncnn1)c1ccc2c(c1)CCC2. The van der Waals surface area contributed by atoms with Crippen LogP contribution in [0.1, 0.15) is 29.2 Å². The maximum Gasteiger partial charge on any atom is 0.405 e. The summed E-state index contributed by atoms with van der Waals surface area (Å²) in [6.07, 6.45) is 3.37. The number of carbonyl (C=O) groups excluding carboxylic acids is 1. The summed E-state index contributed by atoms with van der Waals surface area (Å²) in [6.45, 7) is 0.293. The Morgan fingerprint density at radius 1 is 1.40 bits per heavy atom. The molecule has 0 aliphatic heterocycles. The Labute approximate surface area is 115 Å². The number of ether oxygens (including phenoxy) is 1. The normalized spacial score (nSPS) is 14.8. The van der Waals surface area contributed by atoms with E-state index >= 15 is 0 Å². The highest BCUT2D eigenvalue weighted by atomic mass is 16.6. The molecule has 0 fully saturated rings. The molecule has 0 bridgehead atoms. The topological polar surface area (TPSA) is 95.9 Å². The molecule has 1 aliphatic rings. The molecule has 1 heterocycles. The van der Waals surface area contributed by atoms with Crippen molar-refractivity contribution in [2.75, 3.05) is 0 Å². The van der Waals surface area contributed by atoms with E-state index in [-0.39, 0.29) is 0 Å². The molecule has 0 radical (unpaired) electrons. The maximum absolute atomic E-state index is 11.1. The molecular weight excluding hydrogens is 258 g/mol. The summed E-state index contributed by atoms with van der Waals surface area (Å²) in [5, 5.41) is 11.3. The lowest BCUT2D eigenvalue weighted by atomic mass is 10.0. The van der Waals surface area contributed by atoms with E-state index in [1.807, 2.05) is 6.07 Å². The van der Waals surface area contributed by atoms with E-state index in [0.29, 0.717) is 6.54 Å². The van der Waals surface area contributed by atoms with Gasteiger partial charge < -0.3 is 10.5 Å². The first-order valence-corrected chi connectivity index (χ1v) is 6.51. The van der Waals surface area contributed by atoms with E-state index in [1.165, 1.54) is 28.7 Å². The van der Waals surface area contributed by atoms with Crippen molar-refractivity contribution in [1.82, 2.24) is 20.2 Å². The zero-order valence-corrected chi connectivity index (χ0v) is 10.9. The van der Waals surface area contributed by atoms with E-state index in [0.717, 1.165) is 18.4 Å². The van der Waals surface area contributed by atoms with Crippen molar-refractivity contribution in [3.8, 4) is 0 Å². The molecule has 1 amide bonds. The monoisotopic (exact) mass is 273 g/mol. The standard InChI is InChI=1S/C13H15N5O2/c14-13(19)20-12(7-18-16-8-15-17-18)11-5-4-9-2-1-3-10(9)6-11/h4-6,8,12H,1-3,7H2,(H2,14,19). The second-order valence-corrected chi connectivity index (χ2v) is 4.80. The van der Waals surface area contributed by atoms with Crippen LogP contribution < -0.4 is 5.73 Å². The Balaban J connectivity index is 1.86. The van der Waals surface area contributed by atoms with Crippen molar-refractivity contribution >= 4 is 6.09 Å². The Morgan fingerprint density at radius 3 is 3.00 bits per heavy atom. The molecule has 7 nitrogen and oxygen atoms in total. The molecule has 1 aliphatic carbocycles. The minimum Gasteiger partial charge on any atom is -0.439 e. The van der Waals surface area contributed by atoms with Crippen molar-refractivity contribution in [2.24, 2.45) is 5.73 Å².